The summed E-state index contributed by atoms with van der Waals surface area (Å²) in [6.45, 7) is 0.289. The summed E-state index contributed by atoms with van der Waals surface area (Å²) in [6.07, 6.45) is 5.29. The molecule has 1 fully saturated rings. The Bertz CT molecular complexity index is 1160. The van der Waals surface area contributed by atoms with Gasteiger partial charge in [0.05, 0.1) is 17.6 Å². The Morgan fingerprint density at radius 3 is 2.68 bits per heavy atom. The van der Waals surface area contributed by atoms with Gasteiger partial charge in [0.1, 0.15) is 17.7 Å². The number of pyridine rings is 1. The van der Waals surface area contributed by atoms with E-state index in [1.165, 1.54) is 18.5 Å². The van der Waals surface area contributed by atoms with Crippen molar-refractivity contribution < 1.29 is 18.7 Å². The van der Waals surface area contributed by atoms with Crippen LogP contribution in [0.15, 0.2) is 39.3 Å². The second kappa shape index (κ2) is 7.68. The van der Waals surface area contributed by atoms with Crippen LogP contribution in [-0.2, 0) is 13.1 Å². The molecule has 0 saturated heterocycles. The van der Waals surface area contributed by atoms with Crippen LogP contribution in [0.5, 0.6) is 5.75 Å². The van der Waals surface area contributed by atoms with E-state index in [-0.39, 0.29) is 28.9 Å². The molecule has 1 aliphatic heterocycles. The second-order valence-electron chi connectivity index (χ2n) is 7.98. The summed E-state index contributed by atoms with van der Waals surface area (Å²) < 4.78 is 28.3. The lowest BCUT2D eigenvalue weighted by Gasteiger charge is -2.52. The Balaban J connectivity index is 1.66. The predicted molar refractivity (Wildman–Crippen MR) is 107 cm³/mol. The van der Waals surface area contributed by atoms with Crippen LogP contribution in [0.3, 0.4) is 0 Å². The van der Waals surface area contributed by atoms with E-state index in [0.29, 0.717) is 6.54 Å². The molecule has 2 N–H and O–H groups in total. The summed E-state index contributed by atoms with van der Waals surface area (Å²) in [5, 5.41) is 13.9. The standard InChI is InChI=1S/C21H21F2N5O3/c1-27-20(31)17-19(30)18(29)14(10-28(17)11-21(27)5-2-6-21)16(26-24)9-25-8-12-3-4-13(22)7-15(12)23/h3-4,7,9-10,16,24,30H,2,5-6,8,11H2,1H3. The lowest BCUT2D eigenvalue weighted by molar-refractivity contribution is 0.00661. The number of halogens is 2. The number of fused-ring (bicyclic) bond motifs is 1. The monoisotopic (exact) mass is 429 g/mol. The van der Waals surface area contributed by atoms with E-state index in [2.05, 4.69) is 10.1 Å². The third kappa shape index (κ3) is 3.41. The van der Waals surface area contributed by atoms with Crippen LogP contribution >= 0.6 is 0 Å². The molecule has 0 radical (unpaired) electrons. The van der Waals surface area contributed by atoms with Crippen molar-refractivity contribution >= 4 is 12.1 Å². The molecule has 162 valence electrons. The molecule has 1 aromatic carbocycles. The average Bonchev–Trinajstić information content (AvgIpc) is 2.71. The molecule has 1 amide bonds. The highest BCUT2D eigenvalue weighted by atomic mass is 19.1. The molecule has 4 rings (SSSR count). The first-order valence-corrected chi connectivity index (χ1v) is 9.82. The zero-order chi connectivity index (χ0) is 22.3. The summed E-state index contributed by atoms with van der Waals surface area (Å²) in [5.74, 6) is -2.57. The normalized spacial score (nSPS) is 18.2. The molecule has 1 spiro atoms. The maximum absolute atomic E-state index is 13.8. The summed E-state index contributed by atoms with van der Waals surface area (Å²) in [6, 6.07) is 1.99. The Hall–Kier alpha value is -3.43. The van der Waals surface area contributed by atoms with E-state index in [4.69, 9.17) is 5.53 Å². The molecule has 2 aromatic rings. The molecule has 2 aliphatic rings. The van der Waals surface area contributed by atoms with Gasteiger partial charge in [0.15, 0.2) is 11.4 Å². The number of hydrogen-bond donors (Lipinski definition) is 2. The Morgan fingerprint density at radius 1 is 1.32 bits per heavy atom. The van der Waals surface area contributed by atoms with Gasteiger partial charge in [-0.25, -0.2) is 14.3 Å². The first kappa shape index (κ1) is 20.8. The van der Waals surface area contributed by atoms with Gasteiger partial charge in [-0.1, -0.05) is 6.07 Å². The molecule has 8 nitrogen and oxygen atoms in total. The summed E-state index contributed by atoms with van der Waals surface area (Å²) in [5.41, 5.74) is 6.37. The third-order valence-corrected chi connectivity index (χ3v) is 6.23. The molecule has 1 aromatic heterocycles. The van der Waals surface area contributed by atoms with E-state index < -0.39 is 34.8 Å². The van der Waals surface area contributed by atoms with E-state index >= 15 is 0 Å². The molecule has 31 heavy (non-hydrogen) atoms. The topological polar surface area (TPSA) is 111 Å². The number of nitrogens with zero attached hydrogens (tertiary/aromatic N) is 4. The Kier molecular flexibility index (Phi) is 5.16. The molecule has 10 heteroatoms. The summed E-state index contributed by atoms with van der Waals surface area (Å²) in [7, 11) is 1.67. The molecule has 1 saturated carbocycles. The smallest absolute Gasteiger partial charge is 0.274 e. The predicted octanol–water partition coefficient (Wildman–Crippen LogP) is 3.18. The highest BCUT2D eigenvalue weighted by Gasteiger charge is 2.48. The fraction of sp³-hybridized carbons (Fsp3) is 0.381. The van der Waals surface area contributed by atoms with Gasteiger partial charge in [-0.2, -0.15) is 5.11 Å². The van der Waals surface area contributed by atoms with Gasteiger partial charge < -0.3 is 14.6 Å². The van der Waals surface area contributed by atoms with Crippen LogP contribution in [0.25, 0.3) is 0 Å². The minimum absolute atomic E-state index is 0.00796. The van der Waals surface area contributed by atoms with Crippen molar-refractivity contribution in [2.75, 3.05) is 7.05 Å². The van der Waals surface area contributed by atoms with Crippen molar-refractivity contribution in [1.29, 1.82) is 5.53 Å². The number of likely N-dealkylation sites (N-methyl/N-ethyl adjacent to an activating group) is 1. The maximum Gasteiger partial charge on any atom is 0.274 e. The second-order valence-corrected chi connectivity index (χ2v) is 7.98. The van der Waals surface area contributed by atoms with Crippen molar-refractivity contribution in [3.8, 4) is 5.75 Å². The number of nitrogens with one attached hydrogen (secondary N) is 1. The van der Waals surface area contributed by atoms with E-state index in [9.17, 15) is 23.5 Å². The minimum atomic E-state index is -1.12. The largest absolute Gasteiger partial charge is 0.503 e. The highest BCUT2D eigenvalue weighted by molar-refractivity contribution is 5.96. The van der Waals surface area contributed by atoms with Gasteiger partial charge in [0, 0.05) is 37.6 Å². The van der Waals surface area contributed by atoms with Crippen molar-refractivity contribution in [2.45, 2.75) is 43.9 Å². The van der Waals surface area contributed by atoms with Crippen molar-refractivity contribution in [3.63, 3.8) is 0 Å². The molecule has 0 bridgehead atoms. The Labute approximate surface area is 176 Å². The molecular formula is C21H21F2N5O3. The van der Waals surface area contributed by atoms with Crippen LogP contribution in [0.2, 0.25) is 0 Å². The maximum atomic E-state index is 13.8. The van der Waals surface area contributed by atoms with E-state index in [1.54, 1.807) is 16.5 Å². The molecule has 1 unspecified atom stereocenters. The van der Waals surface area contributed by atoms with Gasteiger partial charge >= 0.3 is 0 Å². The average molecular weight is 429 g/mol. The number of benzene rings is 1. The van der Waals surface area contributed by atoms with Crippen LogP contribution < -0.4 is 5.43 Å². The van der Waals surface area contributed by atoms with Crippen LogP contribution in [0.4, 0.5) is 8.78 Å². The lowest BCUT2D eigenvalue weighted by atomic mass is 9.74. The van der Waals surface area contributed by atoms with Gasteiger partial charge in [-0.15, -0.1) is 0 Å². The molecular weight excluding hydrogens is 408 g/mol. The number of rotatable bonds is 5. The Morgan fingerprint density at radius 2 is 2.06 bits per heavy atom. The molecule has 1 atom stereocenters. The number of carbonyl (C=O) groups is 1. The number of aromatic hydroxyl groups is 1. The minimum Gasteiger partial charge on any atom is -0.503 e. The lowest BCUT2D eigenvalue weighted by Crippen LogP contribution is -2.60. The van der Waals surface area contributed by atoms with E-state index in [0.717, 1.165) is 31.4 Å². The number of hydrogen-bond acceptors (Lipinski definition) is 6. The van der Waals surface area contributed by atoms with Crippen LogP contribution in [0, 0.1) is 17.2 Å². The quantitative estimate of drug-likeness (QED) is 0.562. The van der Waals surface area contributed by atoms with Crippen molar-refractivity contribution in [2.24, 2.45) is 10.1 Å². The fourth-order valence-corrected chi connectivity index (χ4v) is 4.19. The number of aromatic nitrogens is 1. The first-order valence-electron chi connectivity index (χ1n) is 9.82. The summed E-state index contributed by atoms with van der Waals surface area (Å²) >= 11 is 0. The van der Waals surface area contributed by atoms with Crippen LogP contribution in [-0.4, -0.2) is 39.3 Å². The SMILES string of the molecule is CN1C(=O)c2c(O)c(=O)c(C(C=NCc3ccc(F)cc3F)N=N)cn2CC12CCC2. The van der Waals surface area contributed by atoms with Crippen LogP contribution in [0.1, 0.15) is 46.9 Å². The van der Waals surface area contributed by atoms with E-state index in [1.807, 2.05) is 0 Å². The van der Waals surface area contributed by atoms with Gasteiger partial charge in [0.2, 0.25) is 5.43 Å². The van der Waals surface area contributed by atoms with Gasteiger partial charge in [-0.05, 0) is 25.3 Å². The number of carbonyl (C=O) groups excluding carboxylic acids is 1. The van der Waals surface area contributed by atoms with Gasteiger partial charge in [-0.3, -0.25) is 14.6 Å². The molecule has 1 aliphatic carbocycles. The zero-order valence-corrected chi connectivity index (χ0v) is 16.8. The highest BCUT2D eigenvalue weighted by Crippen LogP contribution is 2.42. The number of amides is 1. The zero-order valence-electron chi connectivity index (χ0n) is 16.8. The number of aliphatic imine (C=N–C) groups is 1. The van der Waals surface area contributed by atoms with Crippen molar-refractivity contribution in [1.82, 2.24) is 9.47 Å². The fourth-order valence-electron chi connectivity index (χ4n) is 4.19. The van der Waals surface area contributed by atoms with Gasteiger partial charge in [0.25, 0.3) is 5.91 Å². The molecule has 2 heterocycles. The third-order valence-electron chi connectivity index (χ3n) is 6.23. The summed E-state index contributed by atoms with van der Waals surface area (Å²) in [4.78, 5) is 31.1. The van der Waals surface area contributed by atoms with Crippen molar-refractivity contribution in [3.05, 3.63) is 63.1 Å². The first-order chi connectivity index (χ1) is 14.8.